The summed E-state index contributed by atoms with van der Waals surface area (Å²) in [4.78, 5) is 14.8. The predicted molar refractivity (Wildman–Crippen MR) is 52.3 cm³/mol. The Morgan fingerprint density at radius 2 is 2.29 bits per heavy atom. The van der Waals surface area contributed by atoms with E-state index in [-0.39, 0.29) is 0 Å². The molecule has 0 radical (unpaired) electrons. The standard InChI is InChI=1S/C10H8N2O2/c11-10(13)7-1-2-8-6-12-3-4-14-9(8)5-7/h1-6H,(H2,11,13). The van der Waals surface area contributed by atoms with Gasteiger partial charge >= 0.3 is 0 Å². The number of hydrogen-bond acceptors (Lipinski definition) is 3. The molecule has 0 fully saturated rings. The molecule has 0 aromatic heterocycles. The van der Waals surface area contributed by atoms with Gasteiger partial charge in [-0.15, -0.1) is 0 Å². The average Bonchev–Trinajstić information content (AvgIpc) is 2.41. The van der Waals surface area contributed by atoms with Crippen LogP contribution in [0.2, 0.25) is 0 Å². The van der Waals surface area contributed by atoms with Crippen molar-refractivity contribution < 1.29 is 9.53 Å². The molecule has 0 unspecified atom stereocenters. The highest BCUT2D eigenvalue weighted by atomic mass is 16.5. The van der Waals surface area contributed by atoms with E-state index in [4.69, 9.17) is 10.5 Å². The summed E-state index contributed by atoms with van der Waals surface area (Å²) in [7, 11) is 0. The summed E-state index contributed by atoms with van der Waals surface area (Å²) < 4.78 is 5.23. The first kappa shape index (κ1) is 8.50. The quantitative estimate of drug-likeness (QED) is 0.716. The number of amides is 1. The maximum absolute atomic E-state index is 10.9. The third kappa shape index (κ3) is 1.50. The van der Waals surface area contributed by atoms with Crippen molar-refractivity contribution in [2.75, 3.05) is 0 Å². The normalized spacial score (nSPS) is 12.9. The molecule has 0 bridgehead atoms. The summed E-state index contributed by atoms with van der Waals surface area (Å²) >= 11 is 0. The first-order valence-corrected chi connectivity index (χ1v) is 4.06. The van der Waals surface area contributed by atoms with Gasteiger partial charge in [-0.3, -0.25) is 9.79 Å². The lowest BCUT2D eigenvalue weighted by molar-refractivity contribution is 0.1000. The molecule has 70 valence electrons. The highest BCUT2D eigenvalue weighted by Gasteiger charge is 2.07. The van der Waals surface area contributed by atoms with Crippen molar-refractivity contribution >= 4 is 12.1 Å². The van der Waals surface area contributed by atoms with Gasteiger partial charge in [-0.2, -0.15) is 0 Å². The third-order valence-corrected chi connectivity index (χ3v) is 1.85. The molecule has 4 nitrogen and oxygen atoms in total. The zero-order valence-electron chi connectivity index (χ0n) is 7.31. The Kier molecular flexibility index (Phi) is 2.02. The van der Waals surface area contributed by atoms with E-state index in [0.717, 1.165) is 5.56 Å². The van der Waals surface area contributed by atoms with Crippen molar-refractivity contribution in [1.29, 1.82) is 0 Å². The van der Waals surface area contributed by atoms with Gasteiger partial charge in [-0.05, 0) is 18.2 Å². The van der Waals surface area contributed by atoms with Gasteiger partial charge in [0.15, 0.2) is 0 Å². The molecule has 2 rings (SSSR count). The molecule has 1 aromatic rings. The number of fused-ring (bicyclic) bond motifs is 1. The smallest absolute Gasteiger partial charge is 0.248 e. The lowest BCUT2D eigenvalue weighted by atomic mass is 10.1. The molecule has 1 amide bonds. The van der Waals surface area contributed by atoms with Gasteiger partial charge in [0, 0.05) is 17.3 Å². The number of primary amides is 1. The van der Waals surface area contributed by atoms with E-state index >= 15 is 0 Å². The summed E-state index contributed by atoms with van der Waals surface area (Å²) in [5, 5.41) is 0. The largest absolute Gasteiger partial charge is 0.463 e. The molecule has 1 aromatic carbocycles. The zero-order chi connectivity index (χ0) is 9.97. The number of carbonyl (C=O) groups excluding carboxylic acids is 1. The molecular weight excluding hydrogens is 180 g/mol. The lowest BCUT2D eigenvalue weighted by Crippen LogP contribution is -2.11. The number of nitrogens with two attached hydrogens (primary N) is 1. The summed E-state index contributed by atoms with van der Waals surface area (Å²) in [6.45, 7) is 0. The van der Waals surface area contributed by atoms with Crippen molar-refractivity contribution in [2.24, 2.45) is 10.7 Å². The van der Waals surface area contributed by atoms with Crippen molar-refractivity contribution in [3.05, 3.63) is 41.8 Å². The Hall–Kier alpha value is -2.10. The van der Waals surface area contributed by atoms with E-state index in [9.17, 15) is 4.79 Å². The van der Waals surface area contributed by atoms with Crippen molar-refractivity contribution in [3.63, 3.8) is 0 Å². The highest BCUT2D eigenvalue weighted by Crippen LogP contribution is 2.20. The van der Waals surface area contributed by atoms with E-state index < -0.39 is 5.91 Å². The third-order valence-electron chi connectivity index (χ3n) is 1.85. The summed E-state index contributed by atoms with van der Waals surface area (Å²) in [6, 6.07) is 4.98. The summed E-state index contributed by atoms with van der Waals surface area (Å²) in [6.07, 6.45) is 4.64. The van der Waals surface area contributed by atoms with Crippen LogP contribution in [0.1, 0.15) is 15.9 Å². The minimum Gasteiger partial charge on any atom is -0.463 e. The van der Waals surface area contributed by atoms with Crippen LogP contribution in [-0.2, 0) is 0 Å². The first-order chi connectivity index (χ1) is 6.77. The van der Waals surface area contributed by atoms with E-state index in [2.05, 4.69) is 4.99 Å². The fourth-order valence-corrected chi connectivity index (χ4v) is 1.16. The summed E-state index contributed by atoms with van der Waals surface area (Å²) in [5.41, 5.74) is 6.38. The van der Waals surface area contributed by atoms with Crippen LogP contribution in [0.25, 0.3) is 0 Å². The number of hydrogen-bond donors (Lipinski definition) is 1. The fourth-order valence-electron chi connectivity index (χ4n) is 1.16. The molecule has 4 heteroatoms. The second-order valence-electron chi connectivity index (χ2n) is 2.80. The Labute approximate surface area is 80.7 Å². The van der Waals surface area contributed by atoms with Crippen LogP contribution in [0.15, 0.2) is 35.7 Å². The van der Waals surface area contributed by atoms with Crippen LogP contribution in [0.5, 0.6) is 5.75 Å². The molecule has 1 aliphatic rings. The fraction of sp³-hybridized carbons (Fsp3) is 0. The monoisotopic (exact) mass is 188 g/mol. The maximum atomic E-state index is 10.9. The number of carbonyl (C=O) groups is 1. The number of rotatable bonds is 1. The molecule has 1 heterocycles. The van der Waals surface area contributed by atoms with Gasteiger partial charge in [-0.1, -0.05) is 0 Å². The zero-order valence-corrected chi connectivity index (χ0v) is 7.31. The van der Waals surface area contributed by atoms with Gasteiger partial charge in [0.05, 0.1) is 6.20 Å². The van der Waals surface area contributed by atoms with Gasteiger partial charge in [0.25, 0.3) is 0 Å². The van der Waals surface area contributed by atoms with Crippen LogP contribution in [0, 0.1) is 0 Å². The molecule has 0 aliphatic carbocycles. The number of aliphatic imine (C=N–C) groups is 1. The number of benzene rings is 1. The molecule has 0 saturated carbocycles. The Morgan fingerprint density at radius 1 is 1.43 bits per heavy atom. The Morgan fingerprint density at radius 3 is 3.07 bits per heavy atom. The minimum atomic E-state index is -0.471. The van der Waals surface area contributed by atoms with E-state index in [1.165, 1.54) is 12.5 Å². The number of nitrogens with zero attached hydrogens (tertiary/aromatic N) is 1. The predicted octanol–water partition coefficient (Wildman–Crippen LogP) is 1.07. The second-order valence-corrected chi connectivity index (χ2v) is 2.80. The molecule has 2 N–H and O–H groups in total. The Balaban J connectivity index is 2.49. The molecule has 0 saturated heterocycles. The van der Waals surface area contributed by atoms with Crippen molar-refractivity contribution in [3.8, 4) is 5.75 Å². The molecular formula is C10H8N2O2. The minimum absolute atomic E-state index is 0.424. The molecule has 0 atom stereocenters. The van der Waals surface area contributed by atoms with Crippen LogP contribution < -0.4 is 10.5 Å². The lowest BCUT2D eigenvalue weighted by Gasteiger charge is -2.04. The SMILES string of the molecule is NC(=O)c1ccc2c(c1)OC=CN=C2. The summed E-state index contributed by atoms with van der Waals surface area (Å²) in [5.74, 6) is 0.111. The van der Waals surface area contributed by atoms with Gasteiger partial charge in [0.2, 0.25) is 5.91 Å². The average molecular weight is 188 g/mol. The molecule has 1 aliphatic heterocycles. The van der Waals surface area contributed by atoms with Gasteiger partial charge in [0.1, 0.15) is 12.0 Å². The van der Waals surface area contributed by atoms with Crippen LogP contribution in [-0.4, -0.2) is 12.1 Å². The van der Waals surface area contributed by atoms with Crippen LogP contribution >= 0.6 is 0 Å². The topological polar surface area (TPSA) is 64.7 Å². The van der Waals surface area contributed by atoms with Crippen molar-refractivity contribution in [1.82, 2.24) is 0 Å². The highest BCUT2D eigenvalue weighted by molar-refractivity contribution is 5.95. The van der Waals surface area contributed by atoms with Crippen LogP contribution in [0.3, 0.4) is 0 Å². The van der Waals surface area contributed by atoms with Crippen molar-refractivity contribution in [2.45, 2.75) is 0 Å². The second kappa shape index (κ2) is 3.33. The maximum Gasteiger partial charge on any atom is 0.248 e. The molecule has 0 spiro atoms. The van der Waals surface area contributed by atoms with Gasteiger partial charge in [-0.25, -0.2) is 0 Å². The molecule has 14 heavy (non-hydrogen) atoms. The van der Waals surface area contributed by atoms with E-state index in [1.807, 2.05) is 0 Å². The number of ether oxygens (including phenoxy) is 1. The van der Waals surface area contributed by atoms with Crippen LogP contribution in [0.4, 0.5) is 0 Å². The van der Waals surface area contributed by atoms with E-state index in [1.54, 1.807) is 24.4 Å². The first-order valence-electron chi connectivity index (χ1n) is 4.06. The Bertz CT molecular complexity index is 436. The van der Waals surface area contributed by atoms with Gasteiger partial charge < -0.3 is 10.5 Å². The van der Waals surface area contributed by atoms with E-state index in [0.29, 0.717) is 11.3 Å².